The van der Waals surface area contributed by atoms with E-state index in [-0.39, 0.29) is 13.2 Å². The largest absolute Gasteiger partial charge is 0.491 e. The van der Waals surface area contributed by atoms with Crippen LogP contribution in [0.4, 0.5) is 0 Å². The highest BCUT2D eigenvalue weighted by Crippen LogP contribution is 2.15. The number of aliphatic hydroxyl groups is 2. The Balaban J connectivity index is 0.000000400. The van der Waals surface area contributed by atoms with E-state index >= 15 is 0 Å². The van der Waals surface area contributed by atoms with Crippen LogP contribution in [0.3, 0.4) is 0 Å². The van der Waals surface area contributed by atoms with Crippen LogP contribution in [-0.2, 0) is 0 Å². The lowest BCUT2D eigenvalue weighted by Gasteiger charge is -2.05. The van der Waals surface area contributed by atoms with Crippen molar-refractivity contribution in [2.45, 2.75) is 27.7 Å². The van der Waals surface area contributed by atoms with Gasteiger partial charge in [0.2, 0.25) is 0 Å². The average Bonchev–Trinajstić information content (AvgIpc) is 2.63. The maximum Gasteiger partial charge on any atom is 0.122 e. The molecular formula is C20H30O4. The van der Waals surface area contributed by atoms with Crippen molar-refractivity contribution >= 4 is 0 Å². The first-order valence-electron chi connectivity index (χ1n) is 8.27. The molecule has 2 rings (SSSR count). The molecule has 0 aliphatic rings. The highest BCUT2D eigenvalue weighted by Gasteiger charge is 1.94. The number of hydrogen-bond acceptors (Lipinski definition) is 4. The van der Waals surface area contributed by atoms with Gasteiger partial charge in [-0.1, -0.05) is 49.7 Å². The van der Waals surface area contributed by atoms with Crippen LogP contribution >= 0.6 is 0 Å². The van der Waals surface area contributed by atoms with Gasteiger partial charge in [-0.15, -0.1) is 0 Å². The molecule has 0 saturated carbocycles. The van der Waals surface area contributed by atoms with Crippen molar-refractivity contribution in [3.63, 3.8) is 0 Å². The fourth-order valence-electron chi connectivity index (χ4n) is 1.67. The lowest BCUT2D eigenvalue weighted by Crippen LogP contribution is -2.02. The summed E-state index contributed by atoms with van der Waals surface area (Å²) in [7, 11) is 0. The topological polar surface area (TPSA) is 58.9 Å². The molecule has 0 aliphatic carbocycles. The van der Waals surface area contributed by atoms with Crippen LogP contribution in [-0.4, -0.2) is 36.6 Å². The second-order valence-corrected chi connectivity index (χ2v) is 4.72. The van der Waals surface area contributed by atoms with Crippen LogP contribution in [0.25, 0.3) is 0 Å². The smallest absolute Gasteiger partial charge is 0.122 e. The maximum atomic E-state index is 8.49. The molecule has 0 spiro atoms. The van der Waals surface area contributed by atoms with E-state index in [1.54, 1.807) is 0 Å². The summed E-state index contributed by atoms with van der Waals surface area (Å²) in [6.45, 7) is 8.86. The molecule has 4 nitrogen and oxygen atoms in total. The minimum atomic E-state index is 0.0634. The Morgan fingerprint density at radius 2 is 1.29 bits per heavy atom. The third-order valence-electron chi connectivity index (χ3n) is 2.82. The van der Waals surface area contributed by atoms with Gasteiger partial charge >= 0.3 is 0 Å². The second-order valence-electron chi connectivity index (χ2n) is 4.72. The summed E-state index contributed by atoms with van der Waals surface area (Å²) in [6, 6.07) is 15.5. The Hall–Kier alpha value is -2.04. The number of hydrogen-bond donors (Lipinski definition) is 2. The molecule has 4 heteroatoms. The highest BCUT2D eigenvalue weighted by atomic mass is 16.5. The van der Waals surface area contributed by atoms with Crippen LogP contribution in [0.5, 0.6) is 11.5 Å². The minimum Gasteiger partial charge on any atom is -0.491 e. The molecule has 0 unspecified atom stereocenters. The van der Waals surface area contributed by atoms with Gasteiger partial charge in [0.25, 0.3) is 0 Å². The van der Waals surface area contributed by atoms with E-state index in [0.717, 1.165) is 17.1 Å². The van der Waals surface area contributed by atoms with Crippen LogP contribution in [0.1, 0.15) is 25.0 Å². The molecule has 0 bridgehead atoms. The van der Waals surface area contributed by atoms with Crippen LogP contribution in [0.15, 0.2) is 48.5 Å². The van der Waals surface area contributed by atoms with E-state index in [0.29, 0.717) is 13.2 Å². The standard InChI is InChI=1S/2C9H12O2.C2H6/c1-8-2-4-9(5-3-8)11-7-6-10;1-8-4-2-3-5-9(8)11-7-6-10;1-2/h2*2-5,10H,6-7H2,1H3;1-2H3. The van der Waals surface area contributed by atoms with E-state index < -0.39 is 0 Å². The third-order valence-corrected chi connectivity index (χ3v) is 2.82. The fourth-order valence-corrected chi connectivity index (χ4v) is 1.67. The van der Waals surface area contributed by atoms with Crippen molar-refractivity contribution in [2.24, 2.45) is 0 Å². The summed E-state index contributed by atoms with van der Waals surface area (Å²) in [6.07, 6.45) is 0. The summed E-state index contributed by atoms with van der Waals surface area (Å²) in [5, 5.41) is 17.0. The van der Waals surface area contributed by atoms with Gasteiger partial charge in [0.1, 0.15) is 24.7 Å². The van der Waals surface area contributed by atoms with Crippen molar-refractivity contribution in [3.8, 4) is 11.5 Å². The van der Waals surface area contributed by atoms with Crippen molar-refractivity contribution < 1.29 is 19.7 Å². The molecule has 0 saturated heterocycles. The van der Waals surface area contributed by atoms with Gasteiger partial charge < -0.3 is 19.7 Å². The van der Waals surface area contributed by atoms with Crippen LogP contribution < -0.4 is 9.47 Å². The SMILES string of the molecule is CC.Cc1ccc(OCCO)cc1.Cc1ccccc1OCCO. The summed E-state index contributed by atoms with van der Waals surface area (Å²) in [5.41, 5.74) is 2.31. The van der Waals surface area contributed by atoms with Gasteiger partial charge in [-0.2, -0.15) is 0 Å². The molecular weight excluding hydrogens is 304 g/mol. The molecule has 0 fully saturated rings. The molecule has 0 aromatic heterocycles. The van der Waals surface area contributed by atoms with Crippen molar-refractivity contribution in [2.75, 3.05) is 26.4 Å². The maximum absolute atomic E-state index is 8.49. The molecule has 0 heterocycles. The zero-order chi connectivity index (χ0) is 18.2. The summed E-state index contributed by atoms with van der Waals surface area (Å²) in [5.74, 6) is 1.66. The predicted octanol–water partition coefficient (Wildman–Crippen LogP) is 3.76. The predicted molar refractivity (Wildman–Crippen MR) is 98.9 cm³/mol. The van der Waals surface area contributed by atoms with Gasteiger partial charge in [0.15, 0.2) is 0 Å². The molecule has 0 amide bonds. The van der Waals surface area contributed by atoms with E-state index in [9.17, 15) is 0 Å². The Morgan fingerprint density at radius 3 is 1.83 bits per heavy atom. The van der Waals surface area contributed by atoms with E-state index in [4.69, 9.17) is 19.7 Å². The number of aliphatic hydroxyl groups excluding tert-OH is 2. The number of ether oxygens (including phenoxy) is 2. The number of aryl methyl sites for hydroxylation is 2. The first-order chi connectivity index (χ1) is 11.7. The lowest BCUT2D eigenvalue weighted by atomic mass is 10.2. The van der Waals surface area contributed by atoms with Gasteiger partial charge in [-0.25, -0.2) is 0 Å². The first kappa shape index (κ1) is 22.0. The minimum absolute atomic E-state index is 0.0634. The van der Waals surface area contributed by atoms with E-state index in [1.165, 1.54) is 5.56 Å². The van der Waals surface area contributed by atoms with Crippen LogP contribution in [0.2, 0.25) is 0 Å². The van der Waals surface area contributed by atoms with Crippen molar-refractivity contribution in [1.29, 1.82) is 0 Å². The number of rotatable bonds is 6. The first-order valence-corrected chi connectivity index (χ1v) is 8.27. The highest BCUT2D eigenvalue weighted by molar-refractivity contribution is 5.31. The lowest BCUT2D eigenvalue weighted by molar-refractivity contribution is 0.200. The molecule has 2 aromatic rings. The summed E-state index contributed by atoms with van der Waals surface area (Å²) < 4.78 is 10.4. The molecule has 0 radical (unpaired) electrons. The fraction of sp³-hybridized carbons (Fsp3) is 0.400. The molecule has 134 valence electrons. The van der Waals surface area contributed by atoms with Crippen LogP contribution in [0, 0.1) is 13.8 Å². The summed E-state index contributed by atoms with van der Waals surface area (Å²) in [4.78, 5) is 0. The Labute approximate surface area is 145 Å². The van der Waals surface area contributed by atoms with Gasteiger partial charge in [-0.3, -0.25) is 0 Å². The van der Waals surface area contributed by atoms with Gasteiger partial charge in [0, 0.05) is 0 Å². The molecule has 2 N–H and O–H groups in total. The second kappa shape index (κ2) is 14.5. The van der Waals surface area contributed by atoms with Gasteiger partial charge in [-0.05, 0) is 37.6 Å². The average molecular weight is 334 g/mol. The number of para-hydroxylation sites is 1. The molecule has 0 atom stereocenters. The van der Waals surface area contributed by atoms with E-state index in [2.05, 4.69) is 0 Å². The van der Waals surface area contributed by atoms with E-state index in [1.807, 2.05) is 76.2 Å². The van der Waals surface area contributed by atoms with Crippen molar-refractivity contribution in [1.82, 2.24) is 0 Å². The zero-order valence-electron chi connectivity index (χ0n) is 15.2. The Bertz CT molecular complexity index is 523. The normalized spacial score (nSPS) is 9.08. The van der Waals surface area contributed by atoms with Crippen molar-refractivity contribution in [3.05, 3.63) is 59.7 Å². The van der Waals surface area contributed by atoms with Gasteiger partial charge in [0.05, 0.1) is 13.2 Å². The Morgan fingerprint density at radius 1 is 0.750 bits per heavy atom. The molecule has 24 heavy (non-hydrogen) atoms. The molecule has 2 aromatic carbocycles. The Kier molecular flexibility index (Phi) is 13.3. The third kappa shape index (κ3) is 9.87. The molecule has 0 aliphatic heterocycles. The quantitative estimate of drug-likeness (QED) is 0.844. The number of benzene rings is 2. The summed E-state index contributed by atoms with van der Waals surface area (Å²) >= 11 is 0. The monoisotopic (exact) mass is 334 g/mol. The zero-order valence-corrected chi connectivity index (χ0v) is 15.2.